The van der Waals surface area contributed by atoms with Gasteiger partial charge < -0.3 is 0 Å². The minimum absolute atomic E-state index is 0.144. The highest BCUT2D eigenvalue weighted by Crippen LogP contribution is 2.29. The second-order valence-electron chi connectivity index (χ2n) is 7.32. The minimum Gasteiger partial charge on any atom is -0.294 e. The Bertz CT molecular complexity index is 1250. The van der Waals surface area contributed by atoms with E-state index >= 15 is 0 Å². The van der Waals surface area contributed by atoms with Gasteiger partial charge in [-0.1, -0.05) is 25.1 Å². The first-order chi connectivity index (χ1) is 13.8. The Labute approximate surface area is 166 Å². The summed E-state index contributed by atoms with van der Waals surface area (Å²) < 4.78 is 18.4. The zero-order valence-corrected chi connectivity index (χ0v) is 16.9. The van der Waals surface area contributed by atoms with Crippen LogP contribution < -0.4 is 16.3 Å². The largest absolute Gasteiger partial charge is 0.332 e. The number of anilines is 1. The van der Waals surface area contributed by atoms with Gasteiger partial charge in [0.25, 0.3) is 5.56 Å². The minimum atomic E-state index is -0.534. The van der Waals surface area contributed by atoms with E-state index in [2.05, 4.69) is 10.1 Å². The lowest BCUT2D eigenvalue weighted by Gasteiger charge is -2.28. The quantitative estimate of drug-likeness (QED) is 0.675. The molecular weight excluding hydrogens is 375 g/mol. The van der Waals surface area contributed by atoms with Crippen LogP contribution in [0.5, 0.6) is 0 Å². The SMILES string of the molecule is CCCN1N=C(C)C(C)n2c1nc1c2c(=O)n(Cc2ccccc2F)c(=O)n1C. The molecule has 0 bridgehead atoms. The van der Waals surface area contributed by atoms with Crippen molar-refractivity contribution < 1.29 is 4.39 Å². The first-order valence-electron chi connectivity index (χ1n) is 9.63. The van der Waals surface area contributed by atoms with Crippen LogP contribution in [0.2, 0.25) is 0 Å². The van der Waals surface area contributed by atoms with Gasteiger partial charge in [0.2, 0.25) is 5.95 Å². The van der Waals surface area contributed by atoms with E-state index in [0.29, 0.717) is 23.7 Å². The van der Waals surface area contributed by atoms with Crippen LogP contribution in [0.1, 0.15) is 38.8 Å². The number of hydrogen-bond donors (Lipinski definition) is 0. The molecule has 2 aromatic heterocycles. The molecule has 29 heavy (non-hydrogen) atoms. The van der Waals surface area contributed by atoms with E-state index in [9.17, 15) is 14.0 Å². The second kappa shape index (κ2) is 6.98. The fourth-order valence-electron chi connectivity index (χ4n) is 3.68. The van der Waals surface area contributed by atoms with E-state index in [0.717, 1.165) is 16.7 Å². The molecular formula is C20H23FN6O2. The molecule has 0 amide bonds. The summed E-state index contributed by atoms with van der Waals surface area (Å²) in [6, 6.07) is 5.95. The van der Waals surface area contributed by atoms with Gasteiger partial charge in [0.1, 0.15) is 5.82 Å². The van der Waals surface area contributed by atoms with Gasteiger partial charge in [-0.05, 0) is 26.3 Å². The molecule has 1 unspecified atom stereocenters. The Kier molecular flexibility index (Phi) is 4.60. The predicted molar refractivity (Wildman–Crippen MR) is 110 cm³/mol. The molecule has 9 heteroatoms. The molecule has 1 aliphatic heterocycles. The van der Waals surface area contributed by atoms with Crippen molar-refractivity contribution in [3.8, 4) is 0 Å². The highest BCUT2D eigenvalue weighted by Gasteiger charge is 2.30. The van der Waals surface area contributed by atoms with Gasteiger partial charge in [-0.2, -0.15) is 10.1 Å². The molecule has 0 saturated heterocycles. The van der Waals surface area contributed by atoms with Gasteiger partial charge in [-0.25, -0.2) is 14.2 Å². The monoisotopic (exact) mass is 398 g/mol. The molecule has 0 aliphatic carbocycles. The van der Waals surface area contributed by atoms with Crippen molar-refractivity contribution in [1.82, 2.24) is 18.7 Å². The van der Waals surface area contributed by atoms with Crippen LogP contribution in [0.3, 0.4) is 0 Å². The molecule has 8 nitrogen and oxygen atoms in total. The first-order valence-corrected chi connectivity index (χ1v) is 9.63. The average molecular weight is 398 g/mol. The van der Waals surface area contributed by atoms with Gasteiger partial charge in [0, 0.05) is 19.2 Å². The van der Waals surface area contributed by atoms with E-state index < -0.39 is 17.1 Å². The van der Waals surface area contributed by atoms with E-state index in [1.54, 1.807) is 30.3 Å². The number of rotatable bonds is 4. The zero-order chi connectivity index (χ0) is 20.9. The number of aryl methyl sites for hydroxylation is 1. The van der Waals surface area contributed by atoms with Crippen LogP contribution in [0.4, 0.5) is 10.3 Å². The number of fused-ring (bicyclic) bond motifs is 3. The standard InChI is InChI=1S/C20H23FN6O2/c1-5-10-26-19-22-17-16(27(19)13(3)12(2)23-26)18(28)25(20(29)24(17)4)11-14-8-6-7-9-15(14)21/h6-9,13H,5,10-11H2,1-4H3. The van der Waals surface area contributed by atoms with Crippen LogP contribution in [0.15, 0.2) is 39.0 Å². The van der Waals surface area contributed by atoms with E-state index in [1.165, 1.54) is 10.6 Å². The third kappa shape index (κ3) is 2.88. The van der Waals surface area contributed by atoms with Gasteiger partial charge in [-0.3, -0.25) is 18.5 Å². The van der Waals surface area contributed by atoms with Gasteiger partial charge in [0.05, 0.1) is 18.3 Å². The summed E-state index contributed by atoms with van der Waals surface area (Å²) >= 11 is 0. The molecule has 3 heterocycles. The fourth-order valence-corrected chi connectivity index (χ4v) is 3.68. The summed E-state index contributed by atoms with van der Waals surface area (Å²) in [4.78, 5) is 30.9. The van der Waals surface area contributed by atoms with Crippen molar-refractivity contribution in [1.29, 1.82) is 0 Å². The summed E-state index contributed by atoms with van der Waals surface area (Å²) in [5.41, 5.74) is 0.734. The Morgan fingerprint density at radius 1 is 1.21 bits per heavy atom. The topological polar surface area (TPSA) is 77.4 Å². The first kappa shape index (κ1) is 19.1. The van der Waals surface area contributed by atoms with Gasteiger partial charge >= 0.3 is 5.69 Å². The molecule has 0 N–H and O–H groups in total. The van der Waals surface area contributed by atoms with Gasteiger partial charge in [0.15, 0.2) is 11.2 Å². The zero-order valence-electron chi connectivity index (χ0n) is 16.9. The fraction of sp³-hybridized carbons (Fsp3) is 0.400. The number of imidazole rings is 1. The van der Waals surface area contributed by atoms with Crippen LogP contribution >= 0.6 is 0 Å². The van der Waals surface area contributed by atoms with Crippen LogP contribution in [0, 0.1) is 5.82 Å². The Balaban J connectivity index is 2.00. The smallest absolute Gasteiger partial charge is 0.294 e. The Hall–Kier alpha value is -3.23. The Morgan fingerprint density at radius 2 is 1.93 bits per heavy atom. The molecule has 4 rings (SSSR count). The summed E-state index contributed by atoms with van der Waals surface area (Å²) in [6.45, 7) is 6.38. The maximum absolute atomic E-state index is 14.2. The van der Waals surface area contributed by atoms with Crippen molar-refractivity contribution in [3.63, 3.8) is 0 Å². The predicted octanol–water partition coefficient (Wildman–Crippen LogP) is 2.25. The summed E-state index contributed by atoms with van der Waals surface area (Å²) in [5, 5.41) is 6.36. The molecule has 0 saturated carbocycles. The number of hydrogen-bond acceptors (Lipinski definition) is 5. The lowest BCUT2D eigenvalue weighted by atomic mass is 10.2. The number of benzene rings is 1. The lowest BCUT2D eigenvalue weighted by molar-refractivity contribution is 0.580. The molecule has 0 spiro atoms. The second-order valence-corrected chi connectivity index (χ2v) is 7.32. The summed E-state index contributed by atoms with van der Waals surface area (Å²) in [7, 11) is 1.57. The third-order valence-electron chi connectivity index (χ3n) is 5.38. The maximum Gasteiger partial charge on any atom is 0.332 e. The molecule has 0 fully saturated rings. The average Bonchev–Trinajstić information content (AvgIpc) is 3.10. The normalized spacial score (nSPS) is 16.2. The number of hydrazone groups is 1. The van der Waals surface area contributed by atoms with Crippen molar-refractivity contribution >= 4 is 22.8 Å². The lowest BCUT2D eigenvalue weighted by Crippen LogP contribution is -2.40. The maximum atomic E-state index is 14.2. The Morgan fingerprint density at radius 3 is 2.62 bits per heavy atom. The van der Waals surface area contributed by atoms with E-state index in [4.69, 9.17) is 0 Å². The molecule has 0 radical (unpaired) electrons. The van der Waals surface area contributed by atoms with Crippen molar-refractivity contribution in [2.45, 2.75) is 39.8 Å². The molecule has 1 atom stereocenters. The van der Waals surface area contributed by atoms with E-state index in [-0.39, 0.29) is 18.2 Å². The highest BCUT2D eigenvalue weighted by molar-refractivity contribution is 5.91. The third-order valence-corrected chi connectivity index (χ3v) is 5.38. The van der Waals surface area contributed by atoms with Crippen LogP contribution in [-0.4, -0.2) is 30.9 Å². The van der Waals surface area contributed by atoms with Gasteiger partial charge in [-0.15, -0.1) is 0 Å². The number of halogens is 1. The summed E-state index contributed by atoms with van der Waals surface area (Å²) in [6.07, 6.45) is 0.852. The van der Waals surface area contributed by atoms with E-state index in [1.807, 2.05) is 25.3 Å². The molecule has 1 aromatic carbocycles. The molecule has 3 aromatic rings. The van der Waals surface area contributed by atoms with Crippen LogP contribution in [0.25, 0.3) is 11.2 Å². The van der Waals surface area contributed by atoms with Crippen molar-refractivity contribution in [3.05, 3.63) is 56.5 Å². The number of nitrogens with zero attached hydrogens (tertiary/aromatic N) is 6. The molecule has 1 aliphatic rings. The summed E-state index contributed by atoms with van der Waals surface area (Å²) in [5.74, 6) is 0.0815. The van der Waals surface area contributed by atoms with Crippen LogP contribution in [-0.2, 0) is 13.6 Å². The molecule has 152 valence electrons. The highest BCUT2D eigenvalue weighted by atomic mass is 19.1. The number of aromatic nitrogens is 4. The van der Waals surface area contributed by atoms with Crippen molar-refractivity contribution in [2.24, 2.45) is 12.1 Å². The van der Waals surface area contributed by atoms with Crippen molar-refractivity contribution in [2.75, 3.05) is 11.6 Å².